The molecule has 152 valence electrons. The zero-order valence-electron chi connectivity index (χ0n) is 16.3. The summed E-state index contributed by atoms with van der Waals surface area (Å²) in [5.74, 6) is 0.233. The Morgan fingerprint density at radius 2 is 2.14 bits per heavy atom. The molecule has 4 rings (SSSR count). The molecule has 2 atom stereocenters. The molecule has 0 bridgehead atoms. The SMILES string of the molecule is O=C(c1ccn(C2CCCNC2)n1)N(Cc1ccccc1)CC(O)c1ccco1. The number of nitrogens with zero attached hydrogens (tertiary/aromatic N) is 3. The summed E-state index contributed by atoms with van der Waals surface area (Å²) in [7, 11) is 0. The van der Waals surface area contributed by atoms with Crippen LogP contribution in [-0.4, -0.2) is 45.3 Å². The molecule has 0 spiro atoms. The minimum absolute atomic E-state index is 0.124. The molecule has 7 heteroatoms. The van der Waals surface area contributed by atoms with E-state index in [2.05, 4.69) is 10.4 Å². The van der Waals surface area contributed by atoms with Crippen molar-refractivity contribution in [2.75, 3.05) is 19.6 Å². The molecule has 0 saturated carbocycles. The first-order chi connectivity index (χ1) is 14.2. The Morgan fingerprint density at radius 1 is 1.28 bits per heavy atom. The van der Waals surface area contributed by atoms with Gasteiger partial charge in [0.1, 0.15) is 17.6 Å². The molecular weight excluding hydrogens is 368 g/mol. The number of nitrogens with one attached hydrogen (secondary N) is 1. The highest BCUT2D eigenvalue weighted by Crippen LogP contribution is 2.20. The van der Waals surface area contributed by atoms with Crippen molar-refractivity contribution < 1.29 is 14.3 Å². The lowest BCUT2D eigenvalue weighted by molar-refractivity contribution is 0.0556. The number of benzene rings is 1. The Morgan fingerprint density at radius 3 is 2.86 bits per heavy atom. The first-order valence-corrected chi connectivity index (χ1v) is 10.0. The van der Waals surface area contributed by atoms with Gasteiger partial charge in [-0.25, -0.2) is 0 Å². The number of aliphatic hydroxyl groups is 1. The minimum atomic E-state index is -0.901. The number of piperidine rings is 1. The van der Waals surface area contributed by atoms with E-state index in [0.717, 1.165) is 31.5 Å². The van der Waals surface area contributed by atoms with Crippen LogP contribution in [0.4, 0.5) is 0 Å². The van der Waals surface area contributed by atoms with Gasteiger partial charge in [-0.1, -0.05) is 30.3 Å². The number of rotatable bonds is 7. The fourth-order valence-corrected chi connectivity index (χ4v) is 3.68. The number of amides is 1. The fourth-order valence-electron chi connectivity index (χ4n) is 3.68. The van der Waals surface area contributed by atoms with E-state index < -0.39 is 6.10 Å². The maximum atomic E-state index is 13.2. The third-order valence-corrected chi connectivity index (χ3v) is 5.24. The molecule has 1 amide bonds. The number of hydrogen-bond donors (Lipinski definition) is 2. The van der Waals surface area contributed by atoms with E-state index in [1.165, 1.54) is 6.26 Å². The van der Waals surface area contributed by atoms with Gasteiger partial charge in [0.15, 0.2) is 0 Å². The topological polar surface area (TPSA) is 83.5 Å². The Hall–Kier alpha value is -2.90. The summed E-state index contributed by atoms with van der Waals surface area (Å²) < 4.78 is 7.18. The molecule has 2 N–H and O–H groups in total. The van der Waals surface area contributed by atoms with E-state index >= 15 is 0 Å². The second-order valence-corrected chi connectivity index (χ2v) is 7.38. The largest absolute Gasteiger partial charge is 0.467 e. The minimum Gasteiger partial charge on any atom is -0.467 e. The number of carbonyl (C=O) groups is 1. The van der Waals surface area contributed by atoms with Crippen molar-refractivity contribution >= 4 is 5.91 Å². The summed E-state index contributed by atoms with van der Waals surface area (Å²) in [6, 6.07) is 15.2. The summed E-state index contributed by atoms with van der Waals surface area (Å²) in [6.45, 7) is 2.40. The second-order valence-electron chi connectivity index (χ2n) is 7.38. The Kier molecular flexibility index (Phi) is 6.07. The van der Waals surface area contributed by atoms with Gasteiger partial charge in [0.2, 0.25) is 0 Å². The Bertz CT molecular complexity index is 901. The molecule has 1 aromatic carbocycles. The Labute approximate surface area is 169 Å². The first kappa shape index (κ1) is 19.4. The van der Waals surface area contributed by atoms with E-state index in [1.807, 2.05) is 41.2 Å². The Balaban J connectivity index is 1.52. The average Bonchev–Trinajstić information content (AvgIpc) is 3.46. The van der Waals surface area contributed by atoms with Crippen molar-refractivity contribution in [3.63, 3.8) is 0 Å². The van der Waals surface area contributed by atoms with Crippen LogP contribution < -0.4 is 5.32 Å². The van der Waals surface area contributed by atoms with Crippen molar-refractivity contribution in [3.05, 3.63) is 78.0 Å². The lowest BCUT2D eigenvalue weighted by Crippen LogP contribution is -2.35. The number of aliphatic hydroxyl groups excluding tert-OH is 1. The van der Waals surface area contributed by atoms with E-state index in [-0.39, 0.29) is 18.5 Å². The molecule has 1 fully saturated rings. The third-order valence-electron chi connectivity index (χ3n) is 5.24. The van der Waals surface area contributed by atoms with Gasteiger partial charge in [0, 0.05) is 19.3 Å². The zero-order chi connectivity index (χ0) is 20.1. The highest BCUT2D eigenvalue weighted by Gasteiger charge is 2.24. The second kappa shape index (κ2) is 9.07. The van der Waals surface area contributed by atoms with Crippen LogP contribution in [0.25, 0.3) is 0 Å². The van der Waals surface area contributed by atoms with Crippen LogP contribution in [0.3, 0.4) is 0 Å². The van der Waals surface area contributed by atoms with Crippen LogP contribution in [-0.2, 0) is 6.54 Å². The summed E-state index contributed by atoms with van der Waals surface area (Å²) in [4.78, 5) is 14.9. The number of hydrogen-bond acceptors (Lipinski definition) is 5. The van der Waals surface area contributed by atoms with Gasteiger partial charge < -0.3 is 19.7 Å². The van der Waals surface area contributed by atoms with Gasteiger partial charge >= 0.3 is 0 Å². The molecule has 3 aromatic rings. The smallest absolute Gasteiger partial charge is 0.274 e. The van der Waals surface area contributed by atoms with E-state index in [0.29, 0.717) is 18.0 Å². The molecule has 1 aliphatic rings. The molecule has 0 aliphatic carbocycles. The van der Waals surface area contributed by atoms with Crippen LogP contribution in [0.15, 0.2) is 65.4 Å². The lowest BCUT2D eigenvalue weighted by atomic mass is 10.1. The third kappa shape index (κ3) is 4.75. The number of carbonyl (C=O) groups excluding carboxylic acids is 1. The molecule has 7 nitrogen and oxygen atoms in total. The molecule has 1 aliphatic heterocycles. The predicted octanol–water partition coefficient (Wildman–Crippen LogP) is 2.78. The number of aromatic nitrogens is 2. The summed E-state index contributed by atoms with van der Waals surface area (Å²) in [5.41, 5.74) is 1.38. The summed E-state index contributed by atoms with van der Waals surface area (Å²) >= 11 is 0. The van der Waals surface area contributed by atoms with Crippen molar-refractivity contribution in [1.82, 2.24) is 20.0 Å². The van der Waals surface area contributed by atoms with Crippen molar-refractivity contribution in [2.45, 2.75) is 31.5 Å². The van der Waals surface area contributed by atoms with Crippen LogP contribution in [0, 0.1) is 0 Å². The maximum absolute atomic E-state index is 13.2. The first-order valence-electron chi connectivity index (χ1n) is 10.0. The van der Waals surface area contributed by atoms with Gasteiger partial charge in [-0.05, 0) is 43.1 Å². The van der Waals surface area contributed by atoms with E-state index in [9.17, 15) is 9.90 Å². The monoisotopic (exact) mass is 394 g/mol. The van der Waals surface area contributed by atoms with Gasteiger partial charge in [-0.15, -0.1) is 0 Å². The highest BCUT2D eigenvalue weighted by atomic mass is 16.4. The quantitative estimate of drug-likeness (QED) is 0.644. The van der Waals surface area contributed by atoms with Crippen LogP contribution in [0.1, 0.15) is 46.8 Å². The molecule has 2 unspecified atom stereocenters. The maximum Gasteiger partial charge on any atom is 0.274 e. The molecule has 1 saturated heterocycles. The standard InChI is InChI=1S/C22H26N4O3/c27-20(21-9-5-13-29-21)16-25(15-17-6-2-1-3-7-17)22(28)19-10-12-26(24-19)18-8-4-11-23-14-18/h1-3,5-7,9-10,12-13,18,20,23,27H,4,8,11,14-16H2. The average molecular weight is 394 g/mol. The van der Waals surface area contributed by atoms with Crippen molar-refractivity contribution in [3.8, 4) is 0 Å². The zero-order valence-corrected chi connectivity index (χ0v) is 16.3. The fraction of sp³-hybridized carbons (Fsp3) is 0.364. The van der Waals surface area contributed by atoms with Crippen LogP contribution in [0.5, 0.6) is 0 Å². The summed E-state index contributed by atoms with van der Waals surface area (Å²) in [5, 5.41) is 18.5. The molecule has 2 aromatic heterocycles. The molecule has 0 radical (unpaired) electrons. The van der Waals surface area contributed by atoms with Crippen LogP contribution >= 0.6 is 0 Å². The molecule has 3 heterocycles. The van der Waals surface area contributed by atoms with Gasteiger partial charge in [0.25, 0.3) is 5.91 Å². The highest BCUT2D eigenvalue weighted by molar-refractivity contribution is 5.92. The van der Waals surface area contributed by atoms with E-state index in [4.69, 9.17) is 4.42 Å². The van der Waals surface area contributed by atoms with Crippen LogP contribution in [0.2, 0.25) is 0 Å². The van der Waals surface area contributed by atoms with Crippen molar-refractivity contribution in [2.24, 2.45) is 0 Å². The predicted molar refractivity (Wildman–Crippen MR) is 108 cm³/mol. The lowest BCUT2D eigenvalue weighted by Gasteiger charge is -2.25. The van der Waals surface area contributed by atoms with Gasteiger partial charge in [-0.3, -0.25) is 9.48 Å². The molecule has 29 heavy (non-hydrogen) atoms. The number of furan rings is 1. The van der Waals surface area contributed by atoms with Crippen molar-refractivity contribution in [1.29, 1.82) is 0 Å². The van der Waals surface area contributed by atoms with E-state index in [1.54, 1.807) is 23.1 Å². The van der Waals surface area contributed by atoms with Gasteiger partial charge in [-0.2, -0.15) is 5.10 Å². The normalized spacial score (nSPS) is 17.8. The van der Waals surface area contributed by atoms with Gasteiger partial charge in [0.05, 0.1) is 18.8 Å². The molecular formula is C22H26N4O3. The summed E-state index contributed by atoms with van der Waals surface area (Å²) in [6.07, 6.45) is 4.63.